The van der Waals surface area contributed by atoms with Crippen LogP contribution in [-0.2, 0) is 13.6 Å². The van der Waals surface area contributed by atoms with Gasteiger partial charge in [-0.25, -0.2) is 9.97 Å². The molecule has 100 valence electrons. The molecule has 0 aromatic carbocycles. The number of rotatable bonds is 3. The molecule has 1 fully saturated rings. The van der Waals surface area contributed by atoms with Gasteiger partial charge in [-0.15, -0.1) is 0 Å². The summed E-state index contributed by atoms with van der Waals surface area (Å²) in [5.41, 5.74) is 2.40. The van der Waals surface area contributed by atoms with Crippen LogP contribution in [0.4, 0.5) is 0 Å². The van der Waals surface area contributed by atoms with Crippen LogP contribution in [0.3, 0.4) is 0 Å². The summed E-state index contributed by atoms with van der Waals surface area (Å²) in [5.74, 6) is 0. The van der Waals surface area contributed by atoms with Gasteiger partial charge in [0, 0.05) is 31.5 Å². The maximum atomic E-state index is 4.43. The van der Waals surface area contributed by atoms with E-state index in [9.17, 15) is 0 Å². The van der Waals surface area contributed by atoms with Gasteiger partial charge in [-0.3, -0.25) is 9.58 Å². The molecule has 1 aliphatic heterocycles. The third-order valence-corrected chi connectivity index (χ3v) is 3.70. The molecular weight excluding hydrogens is 238 g/mol. The first-order chi connectivity index (χ1) is 9.33. The number of likely N-dealkylation sites (tertiary alicyclic amines) is 1. The Balaban J connectivity index is 1.77. The molecule has 1 atom stereocenters. The molecule has 0 spiro atoms. The largest absolute Gasteiger partial charge is 0.290 e. The van der Waals surface area contributed by atoms with Gasteiger partial charge in [0.25, 0.3) is 0 Å². The van der Waals surface area contributed by atoms with Crippen molar-refractivity contribution in [3.63, 3.8) is 0 Å². The normalized spacial score (nSPS) is 20.6. The van der Waals surface area contributed by atoms with Crippen molar-refractivity contribution >= 4 is 0 Å². The van der Waals surface area contributed by atoms with E-state index in [4.69, 9.17) is 0 Å². The number of aryl methyl sites for hydroxylation is 1. The number of hydrogen-bond acceptors (Lipinski definition) is 4. The Morgan fingerprint density at radius 1 is 1.37 bits per heavy atom. The highest BCUT2D eigenvalue weighted by atomic mass is 15.2. The smallest absolute Gasteiger partial charge is 0.115 e. The minimum atomic E-state index is 0.414. The molecule has 0 unspecified atom stereocenters. The van der Waals surface area contributed by atoms with Crippen molar-refractivity contribution in [1.82, 2.24) is 24.6 Å². The van der Waals surface area contributed by atoms with E-state index in [0.717, 1.165) is 18.8 Å². The van der Waals surface area contributed by atoms with Crippen LogP contribution in [-0.4, -0.2) is 31.2 Å². The fourth-order valence-electron chi connectivity index (χ4n) is 2.80. The Morgan fingerprint density at radius 2 is 2.32 bits per heavy atom. The van der Waals surface area contributed by atoms with Crippen LogP contribution < -0.4 is 0 Å². The fraction of sp³-hybridized carbons (Fsp3) is 0.500. The van der Waals surface area contributed by atoms with Gasteiger partial charge in [0.1, 0.15) is 6.33 Å². The highest BCUT2D eigenvalue weighted by molar-refractivity contribution is 5.09. The van der Waals surface area contributed by atoms with Crippen LogP contribution in [0.15, 0.2) is 31.0 Å². The Bertz CT molecular complexity index is 522. The molecule has 3 rings (SSSR count). The van der Waals surface area contributed by atoms with Gasteiger partial charge in [-0.1, -0.05) is 6.42 Å². The molecule has 5 heteroatoms. The average Bonchev–Trinajstić information content (AvgIpc) is 2.86. The van der Waals surface area contributed by atoms with E-state index in [0.29, 0.717) is 6.04 Å². The standard InChI is InChI=1S/C14H19N5/c1-18-9-12(8-17-18)10-19-7-3-2-4-14(19)13-5-6-15-11-16-13/h5-6,8-9,11,14H,2-4,7,10H2,1H3/t14-/m0/s1. The minimum absolute atomic E-state index is 0.414. The summed E-state index contributed by atoms with van der Waals surface area (Å²) in [4.78, 5) is 10.9. The minimum Gasteiger partial charge on any atom is -0.290 e. The second-order valence-corrected chi connectivity index (χ2v) is 5.14. The van der Waals surface area contributed by atoms with Crippen LogP contribution in [0.25, 0.3) is 0 Å². The molecule has 19 heavy (non-hydrogen) atoms. The van der Waals surface area contributed by atoms with E-state index in [-0.39, 0.29) is 0 Å². The molecule has 0 bridgehead atoms. The molecule has 1 saturated heterocycles. The number of aromatic nitrogens is 4. The van der Waals surface area contributed by atoms with Crippen LogP contribution in [0.5, 0.6) is 0 Å². The molecule has 0 saturated carbocycles. The molecule has 2 aromatic rings. The molecule has 0 radical (unpaired) electrons. The molecule has 0 N–H and O–H groups in total. The molecule has 5 nitrogen and oxygen atoms in total. The predicted octanol–water partition coefficient (Wildman–Crippen LogP) is 1.94. The first kappa shape index (κ1) is 12.3. The van der Waals surface area contributed by atoms with Crippen molar-refractivity contribution in [2.75, 3.05) is 6.54 Å². The van der Waals surface area contributed by atoms with E-state index in [1.165, 1.54) is 24.8 Å². The second kappa shape index (κ2) is 5.48. The summed E-state index contributed by atoms with van der Waals surface area (Å²) in [7, 11) is 1.96. The van der Waals surface area contributed by atoms with Gasteiger partial charge < -0.3 is 0 Å². The van der Waals surface area contributed by atoms with Crippen LogP contribution in [0.1, 0.15) is 36.6 Å². The Hall–Kier alpha value is -1.75. The summed E-state index contributed by atoms with van der Waals surface area (Å²) in [6, 6.07) is 2.45. The van der Waals surface area contributed by atoms with Crippen molar-refractivity contribution < 1.29 is 0 Å². The van der Waals surface area contributed by atoms with E-state index < -0.39 is 0 Å². The quantitative estimate of drug-likeness (QED) is 0.843. The molecule has 1 aliphatic rings. The number of nitrogens with zero attached hydrogens (tertiary/aromatic N) is 5. The molecular formula is C14H19N5. The van der Waals surface area contributed by atoms with E-state index in [2.05, 4.69) is 26.2 Å². The Kier molecular flexibility index (Phi) is 3.55. The predicted molar refractivity (Wildman–Crippen MR) is 72.2 cm³/mol. The number of piperidine rings is 1. The average molecular weight is 257 g/mol. The van der Waals surface area contributed by atoms with Gasteiger partial charge >= 0.3 is 0 Å². The maximum absolute atomic E-state index is 4.43. The van der Waals surface area contributed by atoms with E-state index in [1.54, 1.807) is 6.33 Å². The van der Waals surface area contributed by atoms with Crippen LogP contribution >= 0.6 is 0 Å². The van der Waals surface area contributed by atoms with Gasteiger partial charge in [0.15, 0.2) is 0 Å². The molecule has 0 aliphatic carbocycles. The zero-order valence-electron chi connectivity index (χ0n) is 11.2. The lowest BCUT2D eigenvalue weighted by Gasteiger charge is -2.34. The maximum Gasteiger partial charge on any atom is 0.115 e. The zero-order valence-corrected chi connectivity index (χ0v) is 11.2. The number of hydrogen-bond donors (Lipinski definition) is 0. The lowest BCUT2D eigenvalue weighted by atomic mass is 9.98. The lowest BCUT2D eigenvalue weighted by Crippen LogP contribution is -2.33. The first-order valence-corrected chi connectivity index (χ1v) is 6.80. The van der Waals surface area contributed by atoms with Gasteiger partial charge in [-0.2, -0.15) is 5.10 Å². The van der Waals surface area contributed by atoms with Crippen molar-refractivity contribution in [2.45, 2.75) is 31.8 Å². The first-order valence-electron chi connectivity index (χ1n) is 6.80. The highest BCUT2D eigenvalue weighted by Crippen LogP contribution is 2.30. The van der Waals surface area contributed by atoms with Crippen molar-refractivity contribution in [3.8, 4) is 0 Å². The summed E-state index contributed by atoms with van der Waals surface area (Å²) < 4.78 is 1.86. The monoisotopic (exact) mass is 257 g/mol. The summed E-state index contributed by atoms with van der Waals surface area (Å²) in [6.45, 7) is 2.08. The van der Waals surface area contributed by atoms with Gasteiger partial charge in [-0.05, 0) is 25.5 Å². The third-order valence-electron chi connectivity index (χ3n) is 3.70. The van der Waals surface area contributed by atoms with Crippen LogP contribution in [0.2, 0.25) is 0 Å². The van der Waals surface area contributed by atoms with E-state index >= 15 is 0 Å². The molecule has 3 heterocycles. The van der Waals surface area contributed by atoms with Crippen LogP contribution in [0, 0.1) is 0 Å². The Morgan fingerprint density at radius 3 is 3.05 bits per heavy atom. The van der Waals surface area contributed by atoms with E-state index in [1.807, 2.05) is 30.2 Å². The lowest BCUT2D eigenvalue weighted by molar-refractivity contribution is 0.137. The van der Waals surface area contributed by atoms with Gasteiger partial charge in [0.2, 0.25) is 0 Å². The Labute approximate surface area is 113 Å². The second-order valence-electron chi connectivity index (χ2n) is 5.14. The molecule has 2 aromatic heterocycles. The fourth-order valence-corrected chi connectivity index (χ4v) is 2.80. The summed E-state index contributed by atoms with van der Waals surface area (Å²) in [6.07, 6.45) is 11.2. The topological polar surface area (TPSA) is 46.8 Å². The van der Waals surface area contributed by atoms with Crippen molar-refractivity contribution in [1.29, 1.82) is 0 Å². The SMILES string of the molecule is Cn1cc(CN2CCCC[C@H]2c2ccncn2)cn1. The highest BCUT2D eigenvalue weighted by Gasteiger charge is 2.25. The van der Waals surface area contributed by atoms with Crippen molar-refractivity contribution in [3.05, 3.63) is 42.2 Å². The third kappa shape index (κ3) is 2.81. The van der Waals surface area contributed by atoms with Gasteiger partial charge in [0.05, 0.1) is 17.9 Å². The van der Waals surface area contributed by atoms with Crippen molar-refractivity contribution in [2.24, 2.45) is 7.05 Å². The molecule has 0 amide bonds. The zero-order chi connectivity index (χ0) is 13.1. The summed E-state index contributed by atoms with van der Waals surface area (Å²) >= 11 is 0. The summed E-state index contributed by atoms with van der Waals surface area (Å²) in [5, 5.41) is 4.24.